The van der Waals surface area contributed by atoms with Crippen molar-refractivity contribution >= 4 is 38.7 Å². The summed E-state index contributed by atoms with van der Waals surface area (Å²) in [4.78, 5) is 19.4. The van der Waals surface area contributed by atoms with Crippen molar-refractivity contribution in [3.63, 3.8) is 0 Å². The number of hydrogen-bond acceptors (Lipinski definition) is 5. The average molecular weight is 457 g/mol. The number of carbonyl (C=O) groups excluding carboxylic acids is 1. The van der Waals surface area contributed by atoms with E-state index in [2.05, 4.69) is 11.6 Å². The molecule has 0 unspecified atom stereocenters. The quantitative estimate of drug-likeness (QED) is 0.404. The number of amides is 1. The van der Waals surface area contributed by atoms with Gasteiger partial charge in [-0.2, -0.15) is 4.31 Å². The summed E-state index contributed by atoms with van der Waals surface area (Å²) in [7, 11) is -3.53. The van der Waals surface area contributed by atoms with Crippen molar-refractivity contribution in [1.82, 2.24) is 18.8 Å². The number of hydrogen-bond donors (Lipinski definition) is 0. The van der Waals surface area contributed by atoms with Crippen LogP contribution in [-0.4, -0.2) is 65.0 Å². The third-order valence-electron chi connectivity index (χ3n) is 5.23. The number of allylic oxidation sites excluding steroid dienone is 1. The van der Waals surface area contributed by atoms with Gasteiger partial charge in [0.15, 0.2) is 5.16 Å². The largest absolute Gasteiger partial charge is 0.339 e. The highest BCUT2D eigenvalue weighted by molar-refractivity contribution is 7.99. The number of carbonyl (C=O) groups is 1. The number of sulfonamides is 1. The molecule has 2 aromatic carbocycles. The van der Waals surface area contributed by atoms with Gasteiger partial charge in [-0.05, 0) is 24.3 Å². The maximum atomic E-state index is 12.8. The first kappa shape index (κ1) is 21.6. The van der Waals surface area contributed by atoms with Crippen molar-refractivity contribution < 1.29 is 13.2 Å². The lowest BCUT2D eigenvalue weighted by Gasteiger charge is -2.34. The van der Waals surface area contributed by atoms with Crippen LogP contribution in [0.4, 0.5) is 0 Å². The summed E-state index contributed by atoms with van der Waals surface area (Å²) < 4.78 is 29.0. The Morgan fingerprint density at radius 2 is 1.71 bits per heavy atom. The SMILES string of the molecule is C=CCn1c(SCC(=O)N2CCN(S(=O)(=O)c3ccccc3)CC2)nc2ccccc21. The number of fused-ring (bicyclic) bond motifs is 1. The van der Waals surface area contributed by atoms with E-state index in [-0.39, 0.29) is 16.6 Å². The Labute approximate surface area is 186 Å². The molecule has 1 aromatic heterocycles. The second-order valence-electron chi connectivity index (χ2n) is 7.17. The zero-order chi connectivity index (χ0) is 21.8. The Hall–Kier alpha value is -2.62. The van der Waals surface area contributed by atoms with Gasteiger partial charge in [-0.15, -0.1) is 6.58 Å². The molecule has 0 spiro atoms. The lowest BCUT2D eigenvalue weighted by molar-refractivity contribution is -0.129. The molecule has 4 rings (SSSR count). The Morgan fingerprint density at radius 1 is 1.03 bits per heavy atom. The van der Waals surface area contributed by atoms with E-state index in [1.807, 2.05) is 34.9 Å². The van der Waals surface area contributed by atoms with Crippen molar-refractivity contribution in [3.8, 4) is 0 Å². The Kier molecular flexibility index (Phi) is 6.45. The highest BCUT2D eigenvalue weighted by atomic mass is 32.2. The molecule has 1 amide bonds. The lowest BCUT2D eigenvalue weighted by atomic mass is 10.3. The normalized spacial score (nSPS) is 15.3. The molecule has 1 aliphatic heterocycles. The fourth-order valence-electron chi connectivity index (χ4n) is 3.61. The highest BCUT2D eigenvalue weighted by Gasteiger charge is 2.30. The number of aromatic nitrogens is 2. The van der Waals surface area contributed by atoms with E-state index in [9.17, 15) is 13.2 Å². The smallest absolute Gasteiger partial charge is 0.243 e. The van der Waals surface area contributed by atoms with Crippen LogP contribution in [0.1, 0.15) is 0 Å². The van der Waals surface area contributed by atoms with Gasteiger partial charge in [-0.25, -0.2) is 13.4 Å². The van der Waals surface area contributed by atoms with Gasteiger partial charge in [0.2, 0.25) is 15.9 Å². The number of para-hydroxylation sites is 2. The topological polar surface area (TPSA) is 75.5 Å². The Morgan fingerprint density at radius 3 is 2.42 bits per heavy atom. The highest BCUT2D eigenvalue weighted by Crippen LogP contribution is 2.25. The van der Waals surface area contributed by atoms with Crippen LogP contribution in [0.2, 0.25) is 0 Å². The summed E-state index contributed by atoms with van der Waals surface area (Å²) in [5, 5.41) is 0.778. The molecule has 0 atom stereocenters. The van der Waals surface area contributed by atoms with Gasteiger partial charge in [0.25, 0.3) is 0 Å². The second kappa shape index (κ2) is 9.25. The number of benzene rings is 2. The van der Waals surface area contributed by atoms with Gasteiger partial charge in [0, 0.05) is 32.7 Å². The molecule has 0 radical (unpaired) electrons. The van der Waals surface area contributed by atoms with Gasteiger partial charge in [-0.3, -0.25) is 4.79 Å². The second-order valence-corrected chi connectivity index (χ2v) is 10.0. The van der Waals surface area contributed by atoms with Crippen molar-refractivity contribution in [2.45, 2.75) is 16.6 Å². The molecular formula is C22H24N4O3S2. The van der Waals surface area contributed by atoms with Gasteiger partial charge >= 0.3 is 0 Å². The fourth-order valence-corrected chi connectivity index (χ4v) is 5.98. The van der Waals surface area contributed by atoms with Crippen LogP contribution in [0.5, 0.6) is 0 Å². The van der Waals surface area contributed by atoms with E-state index >= 15 is 0 Å². The minimum Gasteiger partial charge on any atom is -0.339 e. The minimum atomic E-state index is -3.53. The van der Waals surface area contributed by atoms with Crippen molar-refractivity contribution in [3.05, 3.63) is 67.3 Å². The molecule has 3 aromatic rings. The van der Waals surface area contributed by atoms with Crippen LogP contribution in [-0.2, 0) is 21.4 Å². The number of nitrogens with zero attached hydrogens (tertiary/aromatic N) is 4. The number of imidazole rings is 1. The van der Waals surface area contributed by atoms with E-state index in [1.165, 1.54) is 16.1 Å². The monoisotopic (exact) mass is 456 g/mol. The number of thioether (sulfide) groups is 1. The average Bonchev–Trinajstić information content (AvgIpc) is 3.16. The predicted octanol–water partition coefficient (Wildman–Crippen LogP) is 2.85. The maximum absolute atomic E-state index is 12.8. The van der Waals surface area contributed by atoms with Crippen LogP contribution in [0.15, 0.2) is 77.3 Å². The zero-order valence-electron chi connectivity index (χ0n) is 17.1. The van der Waals surface area contributed by atoms with Crippen LogP contribution in [0, 0.1) is 0 Å². The fraction of sp³-hybridized carbons (Fsp3) is 0.273. The summed E-state index contributed by atoms with van der Waals surface area (Å²) in [6, 6.07) is 16.3. The molecule has 1 aliphatic rings. The lowest BCUT2D eigenvalue weighted by Crippen LogP contribution is -2.50. The van der Waals surface area contributed by atoms with Crippen molar-refractivity contribution in [2.75, 3.05) is 31.9 Å². The van der Waals surface area contributed by atoms with Crippen LogP contribution < -0.4 is 0 Å². The zero-order valence-corrected chi connectivity index (χ0v) is 18.7. The first-order chi connectivity index (χ1) is 15.0. The summed E-state index contributed by atoms with van der Waals surface area (Å²) >= 11 is 1.40. The number of piperazine rings is 1. The van der Waals surface area contributed by atoms with Crippen LogP contribution >= 0.6 is 11.8 Å². The molecule has 0 saturated carbocycles. The summed E-state index contributed by atoms with van der Waals surface area (Å²) in [5.41, 5.74) is 1.90. The predicted molar refractivity (Wildman–Crippen MR) is 122 cm³/mol. The summed E-state index contributed by atoms with van der Waals surface area (Å²) in [6.45, 7) is 5.79. The van der Waals surface area contributed by atoms with Crippen molar-refractivity contribution in [2.24, 2.45) is 0 Å². The maximum Gasteiger partial charge on any atom is 0.243 e. The first-order valence-corrected chi connectivity index (χ1v) is 12.4. The summed E-state index contributed by atoms with van der Waals surface area (Å²) in [5.74, 6) is 0.241. The standard InChI is InChI=1S/C22H24N4O3S2/c1-2-12-26-20-11-7-6-10-19(20)23-22(26)30-17-21(27)24-13-15-25(16-14-24)31(28,29)18-8-4-3-5-9-18/h2-11H,1,12-17H2. The molecule has 1 fully saturated rings. The van der Waals surface area contributed by atoms with Gasteiger partial charge in [0.1, 0.15) is 0 Å². The molecule has 0 bridgehead atoms. The van der Waals surface area contributed by atoms with E-state index in [0.717, 1.165) is 16.2 Å². The minimum absolute atomic E-state index is 0.0148. The molecule has 9 heteroatoms. The molecule has 31 heavy (non-hydrogen) atoms. The van der Waals surface area contributed by atoms with E-state index < -0.39 is 10.0 Å². The first-order valence-electron chi connectivity index (χ1n) is 10.0. The Balaban J connectivity index is 1.37. The van der Waals surface area contributed by atoms with Gasteiger partial charge in [0.05, 0.1) is 21.7 Å². The molecule has 2 heterocycles. The van der Waals surface area contributed by atoms with E-state index in [0.29, 0.717) is 32.7 Å². The third-order valence-corrected chi connectivity index (χ3v) is 8.10. The Bertz CT molecular complexity index is 1180. The summed E-state index contributed by atoms with van der Waals surface area (Å²) in [6.07, 6.45) is 1.81. The third kappa shape index (κ3) is 4.53. The molecule has 162 valence electrons. The van der Waals surface area contributed by atoms with E-state index in [1.54, 1.807) is 35.2 Å². The van der Waals surface area contributed by atoms with Gasteiger partial charge < -0.3 is 9.47 Å². The molecule has 0 aliphatic carbocycles. The van der Waals surface area contributed by atoms with Crippen LogP contribution in [0.3, 0.4) is 0 Å². The van der Waals surface area contributed by atoms with Crippen LogP contribution in [0.25, 0.3) is 11.0 Å². The van der Waals surface area contributed by atoms with E-state index in [4.69, 9.17) is 0 Å². The molecule has 7 nitrogen and oxygen atoms in total. The molecule has 0 N–H and O–H groups in total. The van der Waals surface area contributed by atoms with Crippen molar-refractivity contribution in [1.29, 1.82) is 0 Å². The number of rotatable bonds is 7. The molecule has 1 saturated heterocycles. The molecular weight excluding hydrogens is 432 g/mol. The van der Waals surface area contributed by atoms with Gasteiger partial charge in [-0.1, -0.05) is 48.2 Å².